The standard InChI is InChI=1S/C15H16Cl2N2O5S/c1-3-23-15(20)14-13(17)12(19-24-25(2,21)22)8-11(18-14)9-4-6-10(16)7-5-9/h4-8,11,13,19H,3H2,1-2H3. The van der Waals surface area contributed by atoms with Crippen LogP contribution in [0.15, 0.2) is 41.0 Å². The molecular formula is C15H16Cl2N2O5S. The quantitative estimate of drug-likeness (QED) is 0.442. The minimum atomic E-state index is -3.77. The van der Waals surface area contributed by atoms with Crippen LogP contribution in [0, 0.1) is 0 Å². The maximum atomic E-state index is 12.1. The van der Waals surface area contributed by atoms with Crippen LogP contribution in [0.5, 0.6) is 0 Å². The van der Waals surface area contributed by atoms with Crippen molar-refractivity contribution >= 4 is 45.0 Å². The number of halogens is 2. The molecule has 1 aliphatic heterocycles. The first-order chi connectivity index (χ1) is 11.7. The number of rotatable bonds is 6. The van der Waals surface area contributed by atoms with Crippen molar-refractivity contribution in [3.8, 4) is 0 Å². The second-order valence-corrected chi connectivity index (χ2v) is 7.55. The van der Waals surface area contributed by atoms with Crippen LogP contribution >= 0.6 is 23.2 Å². The van der Waals surface area contributed by atoms with Crippen molar-refractivity contribution in [1.29, 1.82) is 0 Å². The van der Waals surface area contributed by atoms with Gasteiger partial charge in [-0.1, -0.05) is 23.7 Å². The van der Waals surface area contributed by atoms with Crippen molar-refractivity contribution in [1.82, 2.24) is 5.48 Å². The van der Waals surface area contributed by atoms with Crippen LogP contribution in [0.3, 0.4) is 0 Å². The van der Waals surface area contributed by atoms with Gasteiger partial charge < -0.3 is 4.74 Å². The molecule has 10 heteroatoms. The van der Waals surface area contributed by atoms with E-state index >= 15 is 0 Å². The molecule has 7 nitrogen and oxygen atoms in total. The van der Waals surface area contributed by atoms with Gasteiger partial charge in [-0.25, -0.2) is 4.79 Å². The zero-order chi connectivity index (χ0) is 18.6. The van der Waals surface area contributed by atoms with Crippen molar-refractivity contribution in [2.75, 3.05) is 12.9 Å². The Morgan fingerprint density at radius 1 is 1.32 bits per heavy atom. The molecule has 2 unspecified atom stereocenters. The van der Waals surface area contributed by atoms with Crippen molar-refractivity contribution in [3.63, 3.8) is 0 Å². The first-order valence-corrected chi connectivity index (χ1v) is 9.85. The summed E-state index contributed by atoms with van der Waals surface area (Å²) < 4.78 is 31.9. The molecule has 136 valence electrons. The average Bonchev–Trinajstić information content (AvgIpc) is 2.54. The highest BCUT2D eigenvalue weighted by Crippen LogP contribution is 2.29. The van der Waals surface area contributed by atoms with E-state index in [0.717, 1.165) is 11.8 Å². The van der Waals surface area contributed by atoms with Gasteiger partial charge in [0.25, 0.3) is 10.1 Å². The lowest BCUT2D eigenvalue weighted by Gasteiger charge is -2.24. The lowest BCUT2D eigenvalue weighted by atomic mass is 10.0. The molecule has 1 aromatic carbocycles. The molecule has 1 aromatic rings. The smallest absolute Gasteiger partial charge is 0.354 e. The highest BCUT2D eigenvalue weighted by atomic mass is 35.5. The Labute approximate surface area is 155 Å². The van der Waals surface area contributed by atoms with Crippen LogP contribution in [0.2, 0.25) is 5.02 Å². The largest absolute Gasteiger partial charge is 0.461 e. The zero-order valence-electron chi connectivity index (χ0n) is 13.4. The third-order valence-electron chi connectivity index (χ3n) is 3.14. The Balaban J connectivity index is 2.37. The van der Waals surface area contributed by atoms with Gasteiger partial charge >= 0.3 is 5.97 Å². The topological polar surface area (TPSA) is 94.1 Å². The van der Waals surface area contributed by atoms with E-state index in [-0.39, 0.29) is 18.0 Å². The second kappa shape index (κ2) is 8.18. The number of allylic oxidation sites excluding steroid dienone is 1. The number of carbonyl (C=O) groups is 1. The molecular weight excluding hydrogens is 391 g/mol. The Bertz CT molecular complexity index is 806. The number of dihydropyridines is 1. The number of alkyl halides is 1. The normalized spacial score (nSPS) is 20.5. The molecule has 0 aliphatic carbocycles. The molecule has 0 fully saturated rings. The van der Waals surface area contributed by atoms with Crippen LogP contribution in [0.25, 0.3) is 0 Å². The van der Waals surface area contributed by atoms with Gasteiger partial charge in [-0.15, -0.1) is 11.6 Å². The molecule has 2 rings (SSSR count). The monoisotopic (exact) mass is 406 g/mol. The first-order valence-electron chi connectivity index (χ1n) is 7.21. The molecule has 0 aromatic heterocycles. The maximum absolute atomic E-state index is 12.1. The average molecular weight is 407 g/mol. The van der Waals surface area contributed by atoms with Crippen LogP contribution in [0.1, 0.15) is 18.5 Å². The maximum Gasteiger partial charge on any atom is 0.354 e. The number of hydrogen-bond donors (Lipinski definition) is 1. The first kappa shape index (κ1) is 19.7. The molecule has 0 bridgehead atoms. The molecule has 0 saturated heterocycles. The minimum Gasteiger partial charge on any atom is -0.461 e. The summed E-state index contributed by atoms with van der Waals surface area (Å²) in [5.74, 6) is -0.687. The number of hydroxylamine groups is 1. The number of esters is 1. The fourth-order valence-electron chi connectivity index (χ4n) is 2.06. The van der Waals surface area contributed by atoms with Gasteiger partial charge in [0.15, 0.2) is 0 Å². The lowest BCUT2D eigenvalue weighted by molar-refractivity contribution is -0.135. The van der Waals surface area contributed by atoms with Crippen molar-refractivity contribution in [2.24, 2.45) is 4.99 Å². The summed E-state index contributed by atoms with van der Waals surface area (Å²) in [6, 6.07) is 6.24. The van der Waals surface area contributed by atoms with Crippen molar-refractivity contribution < 1.29 is 22.2 Å². The van der Waals surface area contributed by atoms with Crippen LogP contribution in [-0.2, 0) is 23.9 Å². The molecule has 25 heavy (non-hydrogen) atoms. The van der Waals surface area contributed by atoms with E-state index in [1.165, 1.54) is 0 Å². The predicted molar refractivity (Wildman–Crippen MR) is 95.0 cm³/mol. The Morgan fingerprint density at radius 2 is 1.96 bits per heavy atom. The molecule has 0 spiro atoms. The van der Waals surface area contributed by atoms with Crippen molar-refractivity contribution in [3.05, 3.63) is 46.6 Å². The number of nitrogens with one attached hydrogen (secondary N) is 1. The van der Waals surface area contributed by atoms with Crippen LogP contribution < -0.4 is 5.48 Å². The summed E-state index contributed by atoms with van der Waals surface area (Å²) in [4.78, 5) is 16.4. The third kappa shape index (κ3) is 5.43. The highest BCUT2D eigenvalue weighted by molar-refractivity contribution is 7.85. The summed E-state index contributed by atoms with van der Waals surface area (Å²) in [5.41, 5.74) is 3.13. The fraction of sp³-hybridized carbons (Fsp3) is 0.333. The molecule has 1 aliphatic rings. The van der Waals surface area contributed by atoms with Gasteiger partial charge in [-0.2, -0.15) is 12.7 Å². The Kier molecular flexibility index (Phi) is 6.45. The van der Waals surface area contributed by atoms with Crippen LogP contribution in [-0.4, -0.2) is 38.3 Å². The molecule has 1 N–H and O–H groups in total. The van der Waals surface area contributed by atoms with E-state index < -0.39 is 27.5 Å². The highest BCUT2D eigenvalue weighted by Gasteiger charge is 2.32. The lowest BCUT2D eigenvalue weighted by Crippen LogP contribution is -2.37. The summed E-state index contributed by atoms with van der Waals surface area (Å²) in [5, 5.41) is -0.489. The van der Waals surface area contributed by atoms with Gasteiger partial charge in [-0.3, -0.25) is 10.5 Å². The van der Waals surface area contributed by atoms with E-state index in [9.17, 15) is 13.2 Å². The zero-order valence-corrected chi connectivity index (χ0v) is 15.7. The molecule has 0 radical (unpaired) electrons. The van der Waals surface area contributed by atoms with Gasteiger partial charge in [0.2, 0.25) is 0 Å². The SMILES string of the molecule is CCOC(=O)C1=NC(c2ccc(Cl)cc2)C=C(NOS(C)(=O)=O)C1Cl. The fourth-order valence-corrected chi connectivity index (χ4v) is 2.69. The van der Waals surface area contributed by atoms with E-state index in [0.29, 0.717) is 5.02 Å². The molecule has 1 heterocycles. The summed E-state index contributed by atoms with van der Waals surface area (Å²) in [6.45, 7) is 1.81. The van der Waals surface area contributed by atoms with Gasteiger partial charge in [0.1, 0.15) is 11.1 Å². The number of ether oxygens (including phenoxy) is 1. The number of nitrogens with zero attached hydrogens (tertiary/aromatic N) is 1. The summed E-state index contributed by atoms with van der Waals surface area (Å²) in [7, 11) is -3.77. The summed E-state index contributed by atoms with van der Waals surface area (Å²) in [6.07, 6.45) is 2.44. The molecule has 2 atom stereocenters. The number of hydrogen-bond acceptors (Lipinski definition) is 7. The van der Waals surface area contributed by atoms with E-state index in [1.807, 2.05) is 0 Å². The van der Waals surface area contributed by atoms with E-state index in [4.69, 9.17) is 27.9 Å². The number of benzene rings is 1. The van der Waals surface area contributed by atoms with Gasteiger partial charge in [0.05, 0.1) is 24.6 Å². The predicted octanol–water partition coefficient (Wildman–Crippen LogP) is 2.37. The van der Waals surface area contributed by atoms with E-state index in [1.54, 1.807) is 37.3 Å². The van der Waals surface area contributed by atoms with Gasteiger partial charge in [0, 0.05) is 5.02 Å². The Morgan fingerprint density at radius 3 is 2.52 bits per heavy atom. The molecule has 0 saturated carbocycles. The van der Waals surface area contributed by atoms with Crippen molar-refractivity contribution in [2.45, 2.75) is 18.3 Å². The number of carbonyl (C=O) groups excluding carboxylic acids is 1. The summed E-state index contributed by atoms with van der Waals surface area (Å²) >= 11 is 12.1. The van der Waals surface area contributed by atoms with Gasteiger partial charge in [-0.05, 0) is 30.7 Å². The molecule has 0 amide bonds. The minimum absolute atomic E-state index is 0.0504. The number of aliphatic imine (C=N–C) groups is 1. The Hall–Kier alpha value is -1.61. The van der Waals surface area contributed by atoms with Crippen LogP contribution in [0.4, 0.5) is 0 Å². The second-order valence-electron chi connectivity index (χ2n) is 5.11. The van der Waals surface area contributed by atoms with E-state index in [2.05, 4.69) is 14.8 Å². The third-order valence-corrected chi connectivity index (χ3v) is 4.22.